The number of aromatic nitrogens is 2. The number of thiazole rings is 1. The van der Waals surface area contributed by atoms with Gasteiger partial charge in [-0.3, -0.25) is 9.78 Å². The first-order chi connectivity index (χ1) is 9.06. The summed E-state index contributed by atoms with van der Waals surface area (Å²) in [6.45, 7) is 0.117. The van der Waals surface area contributed by atoms with Gasteiger partial charge in [0.2, 0.25) is 0 Å². The summed E-state index contributed by atoms with van der Waals surface area (Å²) in [6.07, 6.45) is 2.54. The second kappa shape index (κ2) is 5.44. The molecule has 2 rings (SSSR count). The largest absolute Gasteiger partial charge is 0.506 e. The highest BCUT2D eigenvalue weighted by molar-refractivity contribution is 7.09. The van der Waals surface area contributed by atoms with E-state index in [2.05, 4.69) is 15.3 Å². The van der Waals surface area contributed by atoms with E-state index in [-0.39, 0.29) is 23.6 Å². The predicted molar refractivity (Wildman–Crippen MR) is 66.1 cm³/mol. The van der Waals surface area contributed by atoms with E-state index in [1.807, 2.05) is 0 Å². The Labute approximate surface area is 111 Å². The summed E-state index contributed by atoms with van der Waals surface area (Å²) in [4.78, 5) is 29.9. The normalized spacial score (nSPS) is 10.1. The molecule has 0 atom stereocenters. The summed E-state index contributed by atoms with van der Waals surface area (Å²) in [7, 11) is 0. The Balaban J connectivity index is 1.98. The molecule has 0 bridgehead atoms. The van der Waals surface area contributed by atoms with Gasteiger partial charge in [0.05, 0.1) is 18.3 Å². The molecule has 0 fully saturated rings. The molecule has 0 radical (unpaired) electrons. The molecule has 2 heterocycles. The number of pyridine rings is 1. The molecule has 3 N–H and O–H groups in total. The SMILES string of the molecule is O=C(NCc1nc(C(=O)O)cs1)c1cncc(O)c1. The highest BCUT2D eigenvalue weighted by Gasteiger charge is 2.11. The van der Waals surface area contributed by atoms with Gasteiger partial charge in [-0.05, 0) is 6.07 Å². The third kappa shape index (κ3) is 3.26. The standard InChI is InChI=1S/C11H9N3O4S/c15-7-1-6(2-12-3-7)10(16)13-4-9-14-8(5-19-9)11(17)18/h1-3,5,15H,4H2,(H,13,16)(H,17,18). The summed E-state index contributed by atoms with van der Waals surface area (Å²) >= 11 is 1.15. The second-order valence-electron chi connectivity index (χ2n) is 3.55. The molecule has 0 spiro atoms. The lowest BCUT2D eigenvalue weighted by Gasteiger charge is -2.02. The lowest BCUT2D eigenvalue weighted by molar-refractivity contribution is 0.0691. The van der Waals surface area contributed by atoms with Crippen LogP contribution in [0.5, 0.6) is 5.75 Å². The highest BCUT2D eigenvalue weighted by Crippen LogP contribution is 2.11. The molecular formula is C11H9N3O4S. The highest BCUT2D eigenvalue weighted by atomic mass is 32.1. The maximum atomic E-state index is 11.7. The number of nitrogens with one attached hydrogen (secondary N) is 1. The van der Waals surface area contributed by atoms with E-state index in [4.69, 9.17) is 5.11 Å². The first-order valence-corrected chi connectivity index (χ1v) is 6.04. The molecule has 0 aromatic carbocycles. The number of aromatic hydroxyl groups is 1. The maximum Gasteiger partial charge on any atom is 0.355 e. The quantitative estimate of drug-likeness (QED) is 0.765. The number of carboxylic acid groups (broad SMARTS) is 1. The molecule has 19 heavy (non-hydrogen) atoms. The van der Waals surface area contributed by atoms with Crippen molar-refractivity contribution in [2.45, 2.75) is 6.54 Å². The molecule has 0 aliphatic rings. The summed E-state index contributed by atoms with van der Waals surface area (Å²) < 4.78 is 0. The zero-order valence-electron chi connectivity index (χ0n) is 9.53. The summed E-state index contributed by atoms with van der Waals surface area (Å²) in [5.41, 5.74) is 0.170. The molecule has 0 aliphatic carbocycles. The smallest absolute Gasteiger partial charge is 0.355 e. The van der Waals surface area contributed by atoms with Gasteiger partial charge in [0.15, 0.2) is 5.69 Å². The van der Waals surface area contributed by atoms with Gasteiger partial charge in [0.25, 0.3) is 5.91 Å². The molecule has 0 aliphatic heterocycles. The van der Waals surface area contributed by atoms with Crippen molar-refractivity contribution in [3.63, 3.8) is 0 Å². The lowest BCUT2D eigenvalue weighted by atomic mass is 10.2. The van der Waals surface area contributed by atoms with Crippen LogP contribution in [0.1, 0.15) is 25.9 Å². The number of hydrogen-bond donors (Lipinski definition) is 3. The van der Waals surface area contributed by atoms with E-state index in [9.17, 15) is 14.7 Å². The topological polar surface area (TPSA) is 112 Å². The lowest BCUT2D eigenvalue weighted by Crippen LogP contribution is -2.22. The summed E-state index contributed by atoms with van der Waals surface area (Å²) in [6, 6.07) is 1.28. The van der Waals surface area contributed by atoms with Crippen molar-refractivity contribution in [2.75, 3.05) is 0 Å². The van der Waals surface area contributed by atoms with Gasteiger partial charge in [-0.1, -0.05) is 0 Å². The molecule has 8 heteroatoms. The van der Waals surface area contributed by atoms with Crippen LogP contribution in [-0.2, 0) is 6.54 Å². The van der Waals surface area contributed by atoms with Crippen molar-refractivity contribution in [3.05, 3.63) is 40.1 Å². The van der Waals surface area contributed by atoms with Gasteiger partial charge in [0, 0.05) is 11.6 Å². The fraction of sp³-hybridized carbons (Fsp3) is 0.0909. The van der Waals surface area contributed by atoms with E-state index in [0.29, 0.717) is 5.01 Å². The fourth-order valence-corrected chi connectivity index (χ4v) is 2.01. The van der Waals surface area contributed by atoms with Crippen LogP contribution in [0.2, 0.25) is 0 Å². The third-order valence-corrected chi connectivity index (χ3v) is 3.01. The van der Waals surface area contributed by atoms with Crippen LogP contribution >= 0.6 is 11.3 Å². The van der Waals surface area contributed by atoms with Gasteiger partial charge in [-0.25, -0.2) is 9.78 Å². The Hall–Kier alpha value is -2.48. The zero-order chi connectivity index (χ0) is 13.8. The van der Waals surface area contributed by atoms with Crippen LogP contribution in [0, 0.1) is 0 Å². The Kier molecular flexibility index (Phi) is 3.71. The van der Waals surface area contributed by atoms with Gasteiger partial charge in [-0.2, -0.15) is 0 Å². The van der Waals surface area contributed by atoms with Crippen LogP contribution < -0.4 is 5.32 Å². The van der Waals surface area contributed by atoms with E-state index in [1.54, 1.807) is 0 Å². The number of aromatic carboxylic acids is 1. The Morgan fingerprint density at radius 3 is 2.79 bits per heavy atom. The van der Waals surface area contributed by atoms with E-state index < -0.39 is 11.9 Å². The molecule has 1 amide bonds. The number of rotatable bonds is 4. The molecule has 98 valence electrons. The third-order valence-electron chi connectivity index (χ3n) is 2.16. The van der Waals surface area contributed by atoms with Crippen LogP contribution in [0.3, 0.4) is 0 Å². The van der Waals surface area contributed by atoms with Crippen molar-refractivity contribution in [1.29, 1.82) is 0 Å². The minimum atomic E-state index is -1.11. The van der Waals surface area contributed by atoms with Crippen molar-refractivity contribution < 1.29 is 19.8 Å². The Morgan fingerprint density at radius 2 is 2.16 bits per heavy atom. The molecule has 2 aromatic heterocycles. The Morgan fingerprint density at radius 1 is 1.37 bits per heavy atom. The van der Waals surface area contributed by atoms with Gasteiger partial charge >= 0.3 is 5.97 Å². The number of carbonyl (C=O) groups excluding carboxylic acids is 1. The van der Waals surface area contributed by atoms with Crippen molar-refractivity contribution >= 4 is 23.2 Å². The van der Waals surface area contributed by atoms with E-state index >= 15 is 0 Å². The first-order valence-electron chi connectivity index (χ1n) is 5.16. The number of carbonyl (C=O) groups is 2. The van der Waals surface area contributed by atoms with Crippen molar-refractivity contribution in [1.82, 2.24) is 15.3 Å². The molecular weight excluding hydrogens is 270 g/mol. The van der Waals surface area contributed by atoms with Gasteiger partial charge < -0.3 is 15.5 Å². The van der Waals surface area contributed by atoms with Crippen LogP contribution in [-0.4, -0.2) is 32.1 Å². The number of carboxylic acids is 1. The minimum Gasteiger partial charge on any atom is -0.506 e. The maximum absolute atomic E-state index is 11.7. The zero-order valence-corrected chi connectivity index (χ0v) is 10.3. The molecule has 0 saturated heterocycles. The van der Waals surface area contributed by atoms with E-state index in [1.165, 1.54) is 23.8 Å². The van der Waals surface area contributed by atoms with Crippen LogP contribution in [0.15, 0.2) is 23.8 Å². The first kappa shape index (κ1) is 13.0. The van der Waals surface area contributed by atoms with Crippen molar-refractivity contribution in [2.24, 2.45) is 0 Å². The summed E-state index contributed by atoms with van der Waals surface area (Å²) in [5.74, 6) is -1.63. The molecule has 0 saturated carbocycles. The number of amides is 1. The molecule has 0 unspecified atom stereocenters. The van der Waals surface area contributed by atoms with Crippen LogP contribution in [0.25, 0.3) is 0 Å². The molecule has 2 aromatic rings. The Bertz CT molecular complexity index is 626. The summed E-state index contributed by atoms with van der Waals surface area (Å²) in [5, 5.41) is 22.3. The monoisotopic (exact) mass is 279 g/mol. The van der Waals surface area contributed by atoms with Crippen molar-refractivity contribution in [3.8, 4) is 5.75 Å². The average molecular weight is 279 g/mol. The molecule has 7 nitrogen and oxygen atoms in total. The predicted octanol–water partition coefficient (Wildman–Crippen LogP) is 0.872. The van der Waals surface area contributed by atoms with Gasteiger partial charge in [0.1, 0.15) is 10.8 Å². The van der Waals surface area contributed by atoms with Crippen LogP contribution in [0.4, 0.5) is 0 Å². The van der Waals surface area contributed by atoms with Gasteiger partial charge in [-0.15, -0.1) is 11.3 Å². The minimum absolute atomic E-state index is 0.0479. The number of nitrogens with zero attached hydrogens (tertiary/aromatic N) is 2. The second-order valence-corrected chi connectivity index (χ2v) is 4.49. The number of hydrogen-bond acceptors (Lipinski definition) is 6. The fourth-order valence-electron chi connectivity index (χ4n) is 1.30. The van der Waals surface area contributed by atoms with E-state index in [0.717, 1.165) is 11.3 Å². The average Bonchev–Trinajstić information content (AvgIpc) is 2.85.